The molecule has 5 rings (SSSR count). The predicted octanol–water partition coefficient (Wildman–Crippen LogP) is 3.11. The number of alkyl halides is 2. The van der Waals surface area contributed by atoms with Gasteiger partial charge in [-0.25, -0.2) is 4.79 Å². The van der Waals surface area contributed by atoms with Crippen molar-refractivity contribution >= 4 is 29.9 Å². The first-order valence-corrected chi connectivity index (χ1v) is 11.9. The van der Waals surface area contributed by atoms with Crippen molar-refractivity contribution < 1.29 is 40.8 Å². The Morgan fingerprint density at radius 1 is 1.12 bits per heavy atom. The first kappa shape index (κ1) is 23.2. The second kappa shape index (κ2) is 8.09. The number of hydrogen-bond acceptors (Lipinski definition) is 6. The van der Waals surface area contributed by atoms with Crippen LogP contribution < -0.4 is 4.74 Å². The van der Waals surface area contributed by atoms with Gasteiger partial charge >= 0.3 is 27.3 Å². The molecule has 0 amide bonds. The molecule has 0 saturated heterocycles. The summed E-state index contributed by atoms with van der Waals surface area (Å²) in [7, 11) is -0.123. The minimum Gasteiger partial charge on any atom is -0.454 e. The summed E-state index contributed by atoms with van der Waals surface area (Å²) < 4.78 is 67.0. The van der Waals surface area contributed by atoms with Crippen molar-refractivity contribution in [1.29, 1.82) is 0 Å². The maximum atomic E-state index is 13.4. The minimum atomic E-state index is -5.76. The van der Waals surface area contributed by atoms with Crippen LogP contribution in [0, 0.1) is 23.2 Å². The predicted molar refractivity (Wildman–Crippen MR) is 109 cm³/mol. The van der Waals surface area contributed by atoms with E-state index in [1.807, 2.05) is 0 Å². The summed E-state index contributed by atoms with van der Waals surface area (Å²) in [6.07, 6.45) is 5.63. The van der Waals surface area contributed by atoms with Crippen LogP contribution in [-0.2, 0) is 26.0 Å². The van der Waals surface area contributed by atoms with Crippen LogP contribution >= 0.6 is 0 Å². The Balaban J connectivity index is 1.55. The SMILES string of the molecule is [B]Cc1ccc(C(=O)OCC(F)(F)S(=O)(=O)O)c(OC(=O)C23CC4CC(CC(C4)C2)C3)c1. The van der Waals surface area contributed by atoms with Crippen LogP contribution in [-0.4, -0.2) is 44.6 Å². The highest BCUT2D eigenvalue weighted by atomic mass is 32.2. The van der Waals surface area contributed by atoms with E-state index in [9.17, 15) is 26.8 Å². The molecule has 1 N–H and O–H groups in total. The number of hydrogen-bond donors (Lipinski definition) is 1. The standard InChI is InChI=1S/C21H23BF2O7S/c22-10-12-1-2-16(18(25)30-11-21(23,24)32(27,28)29)17(6-12)31-19(26)20-7-13-3-14(8-20)5-15(4-13)9-20/h1-2,6,13-15H,3-5,7-11H2,(H,27,28,29). The fourth-order valence-corrected chi connectivity index (χ4v) is 6.03. The second-order valence-electron chi connectivity index (χ2n) is 9.31. The normalized spacial score (nSPS) is 29.0. The molecule has 4 aliphatic rings. The van der Waals surface area contributed by atoms with Crippen LogP contribution in [0.1, 0.15) is 54.4 Å². The molecular weight excluding hydrogens is 445 g/mol. The molecule has 7 nitrogen and oxygen atoms in total. The van der Waals surface area contributed by atoms with Crippen LogP contribution in [0.3, 0.4) is 0 Å². The first-order chi connectivity index (χ1) is 14.9. The smallest absolute Gasteiger partial charge is 0.402 e. The summed E-state index contributed by atoms with van der Waals surface area (Å²) in [4.78, 5) is 25.7. The molecule has 4 bridgehead atoms. The number of ether oxygens (including phenoxy) is 2. The van der Waals surface area contributed by atoms with Crippen molar-refractivity contribution in [1.82, 2.24) is 0 Å². The number of esters is 2. The molecule has 172 valence electrons. The molecule has 4 fully saturated rings. The van der Waals surface area contributed by atoms with Crippen molar-refractivity contribution in [3.05, 3.63) is 29.3 Å². The molecule has 0 atom stereocenters. The van der Waals surface area contributed by atoms with Crippen LogP contribution in [0.2, 0.25) is 0 Å². The highest BCUT2D eigenvalue weighted by molar-refractivity contribution is 7.86. The third-order valence-corrected chi connectivity index (χ3v) is 7.80. The molecule has 4 saturated carbocycles. The lowest BCUT2D eigenvalue weighted by Gasteiger charge is -2.55. The van der Waals surface area contributed by atoms with Gasteiger partial charge in [-0.15, -0.1) is 0 Å². The van der Waals surface area contributed by atoms with Crippen LogP contribution in [0.5, 0.6) is 5.75 Å². The van der Waals surface area contributed by atoms with Crippen LogP contribution in [0.15, 0.2) is 18.2 Å². The van der Waals surface area contributed by atoms with Gasteiger partial charge in [0.25, 0.3) is 0 Å². The summed E-state index contributed by atoms with van der Waals surface area (Å²) >= 11 is 0. The van der Waals surface area contributed by atoms with Crippen molar-refractivity contribution in [2.75, 3.05) is 6.61 Å². The van der Waals surface area contributed by atoms with Gasteiger partial charge in [0.15, 0.2) is 6.61 Å². The summed E-state index contributed by atoms with van der Waals surface area (Å²) in [5.41, 5.74) is -0.392. The van der Waals surface area contributed by atoms with E-state index in [0.717, 1.165) is 38.5 Å². The maximum absolute atomic E-state index is 13.4. The summed E-state index contributed by atoms with van der Waals surface area (Å²) in [5, 5.41) is -4.67. The molecule has 32 heavy (non-hydrogen) atoms. The zero-order valence-electron chi connectivity index (χ0n) is 17.3. The Bertz CT molecular complexity index is 1010. The van der Waals surface area contributed by atoms with Gasteiger partial charge in [0.05, 0.1) is 13.3 Å². The van der Waals surface area contributed by atoms with E-state index in [4.69, 9.17) is 17.1 Å². The molecule has 11 heteroatoms. The van der Waals surface area contributed by atoms with E-state index < -0.39 is 39.3 Å². The van der Waals surface area contributed by atoms with Gasteiger partial charge in [-0.1, -0.05) is 17.9 Å². The fraction of sp³-hybridized carbons (Fsp3) is 0.619. The summed E-state index contributed by atoms with van der Waals surface area (Å²) in [5.74, 6) is -0.494. The van der Waals surface area contributed by atoms with Crippen molar-refractivity contribution in [2.24, 2.45) is 23.2 Å². The quantitative estimate of drug-likeness (QED) is 0.284. The number of halogens is 2. The molecule has 0 spiro atoms. The monoisotopic (exact) mass is 468 g/mol. The van der Waals surface area contributed by atoms with Crippen molar-refractivity contribution in [3.63, 3.8) is 0 Å². The van der Waals surface area contributed by atoms with Crippen LogP contribution in [0.4, 0.5) is 8.78 Å². The Kier molecular flexibility index (Phi) is 5.86. The Morgan fingerprint density at radius 3 is 2.19 bits per heavy atom. The van der Waals surface area contributed by atoms with E-state index in [-0.39, 0.29) is 17.6 Å². The van der Waals surface area contributed by atoms with Gasteiger partial charge in [-0.2, -0.15) is 17.2 Å². The zero-order valence-corrected chi connectivity index (χ0v) is 18.1. The second-order valence-corrected chi connectivity index (χ2v) is 10.9. The minimum absolute atomic E-state index is 0.0814. The Hall–Kier alpha value is -2.01. The molecular formula is C21H23BF2O7S. The van der Waals surface area contributed by atoms with Gasteiger partial charge in [0.2, 0.25) is 0 Å². The van der Waals surface area contributed by atoms with E-state index in [0.29, 0.717) is 23.3 Å². The van der Waals surface area contributed by atoms with E-state index in [1.165, 1.54) is 18.2 Å². The zero-order chi connectivity index (χ0) is 23.3. The highest BCUT2D eigenvalue weighted by Crippen LogP contribution is 2.60. The largest absolute Gasteiger partial charge is 0.454 e. The third-order valence-electron chi connectivity index (χ3n) is 6.92. The van der Waals surface area contributed by atoms with Gasteiger partial charge in [0, 0.05) is 0 Å². The summed E-state index contributed by atoms with van der Waals surface area (Å²) in [6, 6.07) is 4.04. The Morgan fingerprint density at radius 2 is 1.69 bits per heavy atom. The topological polar surface area (TPSA) is 107 Å². The van der Waals surface area contributed by atoms with Gasteiger partial charge in [0.1, 0.15) is 11.3 Å². The van der Waals surface area contributed by atoms with Gasteiger partial charge in [-0.3, -0.25) is 9.35 Å². The average molecular weight is 468 g/mol. The van der Waals surface area contributed by atoms with E-state index >= 15 is 0 Å². The van der Waals surface area contributed by atoms with Gasteiger partial charge < -0.3 is 9.47 Å². The van der Waals surface area contributed by atoms with Crippen molar-refractivity contribution in [3.8, 4) is 5.75 Å². The Labute approximate surface area is 186 Å². The van der Waals surface area contributed by atoms with Crippen LogP contribution in [0.25, 0.3) is 0 Å². The van der Waals surface area contributed by atoms with E-state index in [2.05, 4.69) is 4.74 Å². The average Bonchev–Trinajstić information content (AvgIpc) is 2.70. The van der Waals surface area contributed by atoms with E-state index in [1.54, 1.807) is 0 Å². The molecule has 0 heterocycles. The highest BCUT2D eigenvalue weighted by Gasteiger charge is 2.55. The van der Waals surface area contributed by atoms with Crippen molar-refractivity contribution in [2.45, 2.75) is 50.1 Å². The molecule has 1 aromatic carbocycles. The number of carbonyl (C=O) groups is 2. The number of carbonyl (C=O) groups excluding carboxylic acids is 2. The fourth-order valence-electron chi connectivity index (χ4n) is 5.82. The first-order valence-electron chi connectivity index (χ1n) is 10.5. The molecule has 0 aromatic heterocycles. The molecule has 2 radical (unpaired) electrons. The third kappa shape index (κ3) is 4.29. The number of benzene rings is 1. The summed E-state index contributed by atoms with van der Waals surface area (Å²) in [6.45, 7) is -1.88. The lowest BCUT2D eigenvalue weighted by Crippen LogP contribution is -2.51. The molecule has 1 aromatic rings. The molecule has 4 aliphatic carbocycles. The molecule has 0 unspecified atom stereocenters. The lowest BCUT2D eigenvalue weighted by molar-refractivity contribution is -0.161. The molecule has 0 aliphatic heterocycles. The van der Waals surface area contributed by atoms with Gasteiger partial charge in [-0.05, 0) is 68.4 Å². The lowest BCUT2D eigenvalue weighted by atomic mass is 9.49. The maximum Gasteiger partial charge on any atom is 0.402 e. The number of rotatable bonds is 7.